The summed E-state index contributed by atoms with van der Waals surface area (Å²) in [6.07, 6.45) is 3.40. The fraction of sp³-hybridized carbons (Fsp3) is 0.632. The first-order valence-corrected chi connectivity index (χ1v) is 8.89. The van der Waals surface area contributed by atoms with Gasteiger partial charge in [0.1, 0.15) is 0 Å². The highest BCUT2D eigenvalue weighted by Crippen LogP contribution is 2.24. The van der Waals surface area contributed by atoms with E-state index in [4.69, 9.17) is 9.47 Å². The topological polar surface area (TPSA) is 50.8 Å². The maximum atomic E-state index is 12.4. The molecule has 1 aromatic carbocycles. The van der Waals surface area contributed by atoms with Crippen molar-refractivity contribution in [1.29, 1.82) is 0 Å². The average Bonchev–Trinajstić information content (AvgIpc) is 2.64. The fourth-order valence-electron chi connectivity index (χ4n) is 3.55. The first-order valence-electron chi connectivity index (χ1n) is 8.89. The summed E-state index contributed by atoms with van der Waals surface area (Å²) in [7, 11) is 1.78. The Morgan fingerprint density at radius 3 is 2.71 bits per heavy atom. The van der Waals surface area contributed by atoms with Gasteiger partial charge in [-0.05, 0) is 12.0 Å². The number of nitrogens with zero attached hydrogens (tertiary/aromatic N) is 1. The van der Waals surface area contributed by atoms with Gasteiger partial charge in [-0.1, -0.05) is 30.3 Å². The summed E-state index contributed by atoms with van der Waals surface area (Å²) >= 11 is 0. The van der Waals surface area contributed by atoms with E-state index in [1.54, 1.807) is 7.11 Å². The summed E-state index contributed by atoms with van der Waals surface area (Å²) in [4.78, 5) is 14.4. The Bertz CT molecular complexity index is 529. The smallest absolute Gasteiger partial charge is 0.224 e. The van der Waals surface area contributed by atoms with Gasteiger partial charge in [0.05, 0.1) is 5.60 Å². The van der Waals surface area contributed by atoms with E-state index in [-0.39, 0.29) is 17.6 Å². The summed E-state index contributed by atoms with van der Waals surface area (Å²) in [5, 5.41) is 3.57. The van der Waals surface area contributed by atoms with Crippen LogP contribution in [0.5, 0.6) is 0 Å². The predicted molar refractivity (Wildman–Crippen MR) is 92.7 cm³/mol. The van der Waals surface area contributed by atoms with Crippen LogP contribution in [-0.4, -0.2) is 55.9 Å². The van der Waals surface area contributed by atoms with Crippen molar-refractivity contribution in [2.24, 2.45) is 0 Å². The third-order valence-corrected chi connectivity index (χ3v) is 5.29. The molecule has 2 saturated heterocycles. The highest BCUT2D eigenvalue weighted by molar-refractivity contribution is 5.77. The Balaban J connectivity index is 1.47. The second-order valence-corrected chi connectivity index (χ2v) is 6.87. The minimum atomic E-state index is -0.136. The minimum Gasteiger partial charge on any atom is -0.381 e. The summed E-state index contributed by atoms with van der Waals surface area (Å²) in [5.41, 5.74) is 1.06. The van der Waals surface area contributed by atoms with E-state index in [1.165, 1.54) is 5.56 Å². The number of carbonyl (C=O) groups is 1. The summed E-state index contributed by atoms with van der Waals surface area (Å²) in [6, 6.07) is 10.4. The monoisotopic (exact) mass is 332 g/mol. The van der Waals surface area contributed by atoms with Crippen molar-refractivity contribution in [1.82, 2.24) is 10.2 Å². The quantitative estimate of drug-likeness (QED) is 0.865. The van der Waals surface area contributed by atoms with Crippen LogP contribution in [0.4, 0.5) is 0 Å². The van der Waals surface area contributed by atoms with Crippen LogP contribution in [-0.2, 0) is 20.8 Å². The van der Waals surface area contributed by atoms with Crippen molar-refractivity contribution in [2.75, 3.05) is 33.4 Å². The second-order valence-electron chi connectivity index (χ2n) is 6.87. The molecule has 5 heteroatoms. The van der Waals surface area contributed by atoms with Gasteiger partial charge >= 0.3 is 0 Å². The Labute approximate surface area is 144 Å². The molecule has 2 aliphatic rings. The number of hydrogen-bond donors (Lipinski definition) is 1. The van der Waals surface area contributed by atoms with Crippen LogP contribution in [0.25, 0.3) is 0 Å². The number of methoxy groups -OCH3 is 1. The molecule has 24 heavy (non-hydrogen) atoms. The van der Waals surface area contributed by atoms with Crippen LogP contribution < -0.4 is 5.32 Å². The molecule has 2 fully saturated rings. The molecule has 132 valence electrons. The van der Waals surface area contributed by atoms with Gasteiger partial charge in [-0.3, -0.25) is 4.79 Å². The Morgan fingerprint density at radius 1 is 1.29 bits per heavy atom. The third-order valence-electron chi connectivity index (χ3n) is 5.29. The first kappa shape index (κ1) is 17.4. The van der Waals surface area contributed by atoms with E-state index in [2.05, 4.69) is 17.4 Å². The lowest BCUT2D eigenvalue weighted by Crippen LogP contribution is -2.52. The molecule has 0 bridgehead atoms. The number of nitrogens with one attached hydrogen (secondary N) is 1. The lowest BCUT2D eigenvalue weighted by atomic mass is 9.93. The molecule has 0 aliphatic carbocycles. The molecule has 2 heterocycles. The molecule has 1 N–H and O–H groups in total. The van der Waals surface area contributed by atoms with Gasteiger partial charge in [0, 0.05) is 65.3 Å². The molecule has 0 radical (unpaired) electrons. The van der Waals surface area contributed by atoms with Crippen molar-refractivity contribution in [3.8, 4) is 0 Å². The normalized spacial score (nSPS) is 24.1. The number of hydrogen-bond acceptors (Lipinski definition) is 4. The fourth-order valence-corrected chi connectivity index (χ4v) is 3.55. The van der Waals surface area contributed by atoms with E-state index in [0.717, 1.165) is 45.6 Å². The van der Waals surface area contributed by atoms with Crippen molar-refractivity contribution in [2.45, 2.75) is 43.9 Å². The standard InChI is InChI=1S/C19H28N2O3/c1-23-19(8-11-24-12-9-19)15-20-17-7-10-21(18(22)13-17)14-16-5-3-2-4-6-16/h2-6,17,20H,7-15H2,1H3. The highest BCUT2D eigenvalue weighted by Gasteiger charge is 2.34. The lowest BCUT2D eigenvalue weighted by Gasteiger charge is -2.39. The molecule has 1 amide bonds. The number of ether oxygens (including phenoxy) is 2. The highest BCUT2D eigenvalue weighted by atomic mass is 16.5. The zero-order chi connectivity index (χ0) is 16.8. The molecule has 1 atom stereocenters. The van der Waals surface area contributed by atoms with Gasteiger partial charge in [-0.15, -0.1) is 0 Å². The molecule has 0 spiro atoms. The number of likely N-dealkylation sites (tertiary alicyclic amines) is 1. The van der Waals surface area contributed by atoms with Crippen LogP contribution in [0.2, 0.25) is 0 Å². The van der Waals surface area contributed by atoms with Gasteiger partial charge in [0.25, 0.3) is 0 Å². The van der Waals surface area contributed by atoms with Gasteiger partial charge in [0.15, 0.2) is 0 Å². The van der Waals surface area contributed by atoms with Crippen molar-refractivity contribution in [3.05, 3.63) is 35.9 Å². The number of benzene rings is 1. The first-order chi connectivity index (χ1) is 11.7. The molecule has 1 aromatic rings. The summed E-state index contributed by atoms with van der Waals surface area (Å²) in [6.45, 7) is 3.83. The molecule has 0 aromatic heterocycles. The maximum absolute atomic E-state index is 12.4. The van der Waals surface area contributed by atoms with E-state index < -0.39 is 0 Å². The van der Waals surface area contributed by atoms with Crippen molar-refractivity contribution < 1.29 is 14.3 Å². The zero-order valence-electron chi connectivity index (χ0n) is 14.5. The van der Waals surface area contributed by atoms with Gasteiger partial charge in [-0.25, -0.2) is 0 Å². The molecule has 2 aliphatic heterocycles. The molecular weight excluding hydrogens is 304 g/mol. The van der Waals surface area contributed by atoms with Gasteiger partial charge in [-0.2, -0.15) is 0 Å². The van der Waals surface area contributed by atoms with Crippen LogP contribution in [0.1, 0.15) is 31.2 Å². The third kappa shape index (κ3) is 4.35. The molecule has 0 saturated carbocycles. The molecule has 1 unspecified atom stereocenters. The van der Waals surface area contributed by atoms with Crippen LogP contribution in [0.3, 0.4) is 0 Å². The van der Waals surface area contributed by atoms with Gasteiger partial charge in [0.2, 0.25) is 5.91 Å². The van der Waals surface area contributed by atoms with E-state index in [1.807, 2.05) is 23.1 Å². The maximum Gasteiger partial charge on any atom is 0.224 e. The minimum absolute atomic E-state index is 0.136. The Hall–Kier alpha value is -1.43. The average molecular weight is 332 g/mol. The largest absolute Gasteiger partial charge is 0.381 e. The molecule has 3 rings (SSSR count). The van der Waals surface area contributed by atoms with Crippen LogP contribution in [0, 0.1) is 0 Å². The number of rotatable bonds is 6. The second kappa shape index (κ2) is 8.10. The Morgan fingerprint density at radius 2 is 2.04 bits per heavy atom. The van der Waals surface area contributed by atoms with Gasteiger partial charge < -0.3 is 19.7 Å². The SMILES string of the molecule is COC1(CNC2CCN(Cc3ccccc3)C(=O)C2)CCOCC1. The summed E-state index contributed by atoms with van der Waals surface area (Å²) < 4.78 is 11.2. The number of carbonyl (C=O) groups excluding carboxylic acids is 1. The van der Waals surface area contributed by atoms with E-state index in [0.29, 0.717) is 13.0 Å². The number of piperidine rings is 1. The van der Waals surface area contributed by atoms with Crippen molar-refractivity contribution in [3.63, 3.8) is 0 Å². The zero-order valence-corrected chi connectivity index (χ0v) is 14.5. The lowest BCUT2D eigenvalue weighted by molar-refractivity contribution is -0.135. The van der Waals surface area contributed by atoms with Crippen LogP contribution in [0.15, 0.2) is 30.3 Å². The predicted octanol–water partition coefficient (Wildman–Crippen LogP) is 1.96. The Kier molecular flexibility index (Phi) is 5.87. The van der Waals surface area contributed by atoms with E-state index in [9.17, 15) is 4.79 Å². The number of amides is 1. The van der Waals surface area contributed by atoms with Crippen molar-refractivity contribution >= 4 is 5.91 Å². The van der Waals surface area contributed by atoms with E-state index >= 15 is 0 Å². The molecule has 5 nitrogen and oxygen atoms in total. The van der Waals surface area contributed by atoms with Crippen LogP contribution >= 0.6 is 0 Å². The summed E-state index contributed by atoms with van der Waals surface area (Å²) in [5.74, 6) is 0.237. The molecular formula is C19H28N2O3.